The topological polar surface area (TPSA) is 70.4 Å². The average Bonchev–Trinajstić information content (AvgIpc) is 2.82. The van der Waals surface area contributed by atoms with Crippen molar-refractivity contribution in [2.24, 2.45) is 0 Å². The van der Waals surface area contributed by atoms with Crippen LogP contribution in [-0.2, 0) is 20.8 Å². The minimum absolute atomic E-state index is 0.191. The van der Waals surface area contributed by atoms with Gasteiger partial charge in [-0.25, -0.2) is 9.59 Å². The van der Waals surface area contributed by atoms with Gasteiger partial charge in [-0.1, -0.05) is 0 Å². The van der Waals surface area contributed by atoms with Gasteiger partial charge in [0.2, 0.25) is 0 Å². The highest BCUT2D eigenvalue weighted by molar-refractivity contribution is 6.00. The zero-order valence-electron chi connectivity index (χ0n) is 11.4. The summed E-state index contributed by atoms with van der Waals surface area (Å²) in [7, 11) is 1.44. The second-order valence-electron chi connectivity index (χ2n) is 4.26. The van der Waals surface area contributed by atoms with E-state index >= 15 is 0 Å². The third kappa shape index (κ3) is 3.25. The van der Waals surface area contributed by atoms with Gasteiger partial charge < -0.3 is 14.0 Å². The van der Waals surface area contributed by atoms with E-state index in [1.807, 2.05) is 0 Å². The molecule has 2 aromatic rings. The molecule has 0 saturated heterocycles. The Labute approximate surface area is 122 Å². The number of esters is 2. The van der Waals surface area contributed by atoms with Crippen LogP contribution in [-0.4, -0.2) is 41.4 Å². The molecule has 0 aliphatic carbocycles. The lowest BCUT2D eigenvalue weighted by molar-refractivity contribution is -0.193. The number of methoxy groups -OCH3 is 1. The third-order valence-electron chi connectivity index (χ3n) is 2.82. The largest absolute Gasteiger partial charge is 0.491 e. The van der Waals surface area contributed by atoms with E-state index in [1.54, 1.807) is 12.1 Å². The van der Waals surface area contributed by atoms with E-state index in [9.17, 15) is 22.8 Å². The van der Waals surface area contributed by atoms with E-state index in [-0.39, 0.29) is 18.8 Å². The van der Waals surface area contributed by atoms with E-state index in [0.717, 1.165) is 0 Å². The minimum atomic E-state index is -5.24. The molecule has 0 amide bonds. The summed E-state index contributed by atoms with van der Waals surface area (Å²) in [6.07, 6.45) is -3.77. The summed E-state index contributed by atoms with van der Waals surface area (Å²) in [4.78, 5) is 26.6. The summed E-state index contributed by atoms with van der Waals surface area (Å²) in [5.41, 5.74) is 0.708. The monoisotopic (exact) mass is 316 g/mol. The highest BCUT2D eigenvalue weighted by Gasteiger charge is 2.43. The molecule has 9 heteroatoms. The Balaban J connectivity index is 2.37. The van der Waals surface area contributed by atoms with Crippen LogP contribution in [0.5, 0.6) is 0 Å². The van der Waals surface area contributed by atoms with Crippen molar-refractivity contribution in [2.75, 3.05) is 13.7 Å². The van der Waals surface area contributed by atoms with Crippen molar-refractivity contribution in [1.82, 2.24) is 9.55 Å². The van der Waals surface area contributed by atoms with Gasteiger partial charge in [-0.2, -0.15) is 13.2 Å². The fraction of sp³-hybridized carbons (Fsp3) is 0.308. The molecule has 2 rings (SSSR count). The minimum Gasteiger partial charge on any atom is -0.383 e. The van der Waals surface area contributed by atoms with Crippen molar-refractivity contribution in [3.05, 3.63) is 30.1 Å². The zero-order chi connectivity index (χ0) is 16.3. The Bertz CT molecular complexity index is 709. The van der Waals surface area contributed by atoms with Crippen LogP contribution in [0.3, 0.4) is 0 Å². The molecule has 0 saturated carbocycles. The van der Waals surface area contributed by atoms with E-state index in [1.165, 1.54) is 23.9 Å². The fourth-order valence-electron chi connectivity index (χ4n) is 1.87. The first-order valence-electron chi connectivity index (χ1n) is 6.11. The molecule has 0 radical (unpaired) electrons. The van der Waals surface area contributed by atoms with Crippen molar-refractivity contribution in [1.29, 1.82) is 0 Å². The molecular formula is C13H11F3N2O4. The van der Waals surface area contributed by atoms with Gasteiger partial charge in [-0.3, -0.25) is 4.98 Å². The molecule has 0 N–H and O–H groups in total. The predicted octanol–water partition coefficient (Wildman–Crippen LogP) is 1.93. The number of pyridine rings is 1. The lowest BCUT2D eigenvalue weighted by Crippen LogP contribution is -2.29. The Morgan fingerprint density at radius 3 is 2.73 bits per heavy atom. The van der Waals surface area contributed by atoms with Gasteiger partial charge >= 0.3 is 18.1 Å². The standard InChI is InChI=1S/C13H11F3N2O4/c1-21-6-5-18-9-3-2-4-17-8(9)7-10(18)11(19)22-12(20)13(14,15)16/h2-4,7H,5-6H2,1H3. The van der Waals surface area contributed by atoms with Crippen LogP contribution < -0.4 is 0 Å². The first kappa shape index (κ1) is 16.0. The Kier molecular flexibility index (Phi) is 4.45. The van der Waals surface area contributed by atoms with Gasteiger partial charge in [0.05, 0.1) is 17.6 Å². The summed E-state index contributed by atoms with van der Waals surface area (Å²) in [6.45, 7) is 0.405. The van der Waals surface area contributed by atoms with Crippen molar-refractivity contribution >= 4 is 23.0 Å². The van der Waals surface area contributed by atoms with Gasteiger partial charge in [0.1, 0.15) is 5.69 Å². The average molecular weight is 316 g/mol. The lowest BCUT2D eigenvalue weighted by Gasteiger charge is -2.10. The third-order valence-corrected chi connectivity index (χ3v) is 2.82. The maximum absolute atomic E-state index is 12.2. The summed E-state index contributed by atoms with van der Waals surface area (Å²) in [5, 5.41) is 0. The molecular weight excluding hydrogens is 305 g/mol. The van der Waals surface area contributed by atoms with Crippen LogP contribution in [0, 0.1) is 0 Å². The van der Waals surface area contributed by atoms with Crippen molar-refractivity contribution in [2.45, 2.75) is 12.7 Å². The number of halogens is 3. The highest BCUT2D eigenvalue weighted by Crippen LogP contribution is 2.21. The highest BCUT2D eigenvalue weighted by atomic mass is 19.4. The predicted molar refractivity (Wildman–Crippen MR) is 68.1 cm³/mol. The smallest absolute Gasteiger partial charge is 0.383 e. The molecule has 0 spiro atoms. The number of hydrogen-bond acceptors (Lipinski definition) is 5. The molecule has 0 atom stereocenters. The molecule has 0 aromatic carbocycles. The number of nitrogens with zero attached hydrogens (tertiary/aromatic N) is 2. The molecule has 2 heterocycles. The van der Waals surface area contributed by atoms with Crippen LogP contribution in [0.25, 0.3) is 11.0 Å². The second kappa shape index (κ2) is 6.14. The molecule has 0 bridgehead atoms. The van der Waals surface area contributed by atoms with Crippen molar-refractivity contribution in [3.63, 3.8) is 0 Å². The number of rotatable bonds is 4. The van der Waals surface area contributed by atoms with E-state index in [0.29, 0.717) is 11.0 Å². The van der Waals surface area contributed by atoms with Crippen LogP contribution >= 0.6 is 0 Å². The Morgan fingerprint density at radius 1 is 1.36 bits per heavy atom. The zero-order valence-corrected chi connectivity index (χ0v) is 11.4. The van der Waals surface area contributed by atoms with E-state index in [4.69, 9.17) is 4.74 Å². The van der Waals surface area contributed by atoms with Crippen LogP contribution in [0.1, 0.15) is 10.5 Å². The SMILES string of the molecule is COCCn1c(C(=O)OC(=O)C(F)(F)F)cc2ncccc21. The molecule has 6 nitrogen and oxygen atoms in total. The summed E-state index contributed by atoms with van der Waals surface area (Å²) < 4.78 is 46.6. The summed E-state index contributed by atoms with van der Waals surface area (Å²) >= 11 is 0. The van der Waals surface area contributed by atoms with Gasteiger partial charge in [-0.15, -0.1) is 0 Å². The number of alkyl halides is 3. The van der Waals surface area contributed by atoms with E-state index < -0.39 is 18.1 Å². The first-order chi connectivity index (χ1) is 10.3. The van der Waals surface area contributed by atoms with Crippen molar-refractivity contribution in [3.8, 4) is 0 Å². The summed E-state index contributed by atoms with van der Waals surface area (Å²) in [5.74, 6) is -3.95. The first-order valence-corrected chi connectivity index (χ1v) is 6.11. The van der Waals surface area contributed by atoms with Gasteiger partial charge in [0, 0.05) is 19.9 Å². The number of ether oxygens (including phenoxy) is 2. The maximum atomic E-state index is 12.2. The molecule has 0 unspecified atom stereocenters. The van der Waals surface area contributed by atoms with Gasteiger partial charge in [-0.05, 0) is 18.2 Å². The number of fused-ring (bicyclic) bond motifs is 1. The molecule has 118 valence electrons. The van der Waals surface area contributed by atoms with E-state index in [2.05, 4.69) is 9.72 Å². The number of carbonyl (C=O) groups is 2. The number of carbonyl (C=O) groups excluding carboxylic acids is 2. The fourth-order valence-corrected chi connectivity index (χ4v) is 1.87. The van der Waals surface area contributed by atoms with Gasteiger partial charge in [0.25, 0.3) is 0 Å². The molecule has 0 fully saturated rings. The quantitative estimate of drug-likeness (QED) is 0.637. The lowest BCUT2D eigenvalue weighted by atomic mass is 10.4. The van der Waals surface area contributed by atoms with Crippen LogP contribution in [0.15, 0.2) is 24.4 Å². The Hall–Kier alpha value is -2.42. The molecule has 22 heavy (non-hydrogen) atoms. The molecule has 0 aliphatic rings. The van der Waals surface area contributed by atoms with Crippen LogP contribution in [0.4, 0.5) is 13.2 Å². The maximum Gasteiger partial charge on any atom is 0.491 e. The second-order valence-corrected chi connectivity index (χ2v) is 4.26. The summed E-state index contributed by atoms with van der Waals surface area (Å²) in [6, 6.07) is 4.51. The number of aromatic nitrogens is 2. The van der Waals surface area contributed by atoms with Crippen molar-refractivity contribution < 1.29 is 32.2 Å². The van der Waals surface area contributed by atoms with Gasteiger partial charge in [0.15, 0.2) is 0 Å². The Morgan fingerprint density at radius 2 is 2.09 bits per heavy atom. The molecule has 0 aliphatic heterocycles. The number of hydrogen-bond donors (Lipinski definition) is 0. The normalized spacial score (nSPS) is 11.6. The van der Waals surface area contributed by atoms with Crippen LogP contribution in [0.2, 0.25) is 0 Å². The molecule has 2 aromatic heterocycles.